The molecule has 2 amide bonds. The lowest BCUT2D eigenvalue weighted by Gasteiger charge is -2.15. The fourth-order valence-corrected chi connectivity index (χ4v) is 2.54. The van der Waals surface area contributed by atoms with Crippen molar-refractivity contribution in [3.05, 3.63) is 36.0 Å². The Bertz CT molecular complexity index is 761. The van der Waals surface area contributed by atoms with Gasteiger partial charge in [-0.2, -0.15) is 0 Å². The highest BCUT2D eigenvalue weighted by Gasteiger charge is 2.23. The highest BCUT2D eigenvalue weighted by atomic mass is 16.3. The number of amides is 2. The minimum atomic E-state index is -0.185. The predicted octanol–water partition coefficient (Wildman–Crippen LogP) is 1.43. The minimum Gasteiger partial charge on any atom is -0.395 e. The van der Waals surface area contributed by atoms with E-state index in [-0.39, 0.29) is 12.6 Å². The van der Waals surface area contributed by atoms with Crippen molar-refractivity contribution in [3.63, 3.8) is 0 Å². The lowest BCUT2D eigenvalue weighted by Crippen LogP contribution is -2.30. The molecule has 1 aliphatic carbocycles. The number of hydrogen-bond donors (Lipinski definition) is 4. The number of nitrogens with zero attached hydrogens (tertiary/aromatic N) is 3. The Morgan fingerprint density at radius 3 is 2.69 bits per heavy atom. The van der Waals surface area contributed by atoms with Crippen LogP contribution in [0.4, 0.5) is 16.3 Å². The van der Waals surface area contributed by atoms with Crippen LogP contribution in [-0.2, 0) is 6.54 Å². The second-order valence-electron chi connectivity index (χ2n) is 6.52. The van der Waals surface area contributed by atoms with Gasteiger partial charge in [0.2, 0.25) is 0 Å². The topological polar surface area (TPSA) is 116 Å². The van der Waals surface area contributed by atoms with E-state index in [1.165, 1.54) is 0 Å². The highest BCUT2D eigenvalue weighted by Crippen LogP contribution is 2.21. The molecule has 1 saturated carbocycles. The maximum absolute atomic E-state index is 11.8. The molecule has 8 heteroatoms. The number of rotatable bonds is 7. The minimum absolute atomic E-state index is 0.0900. The van der Waals surface area contributed by atoms with Crippen LogP contribution >= 0.6 is 0 Å². The zero-order chi connectivity index (χ0) is 18.5. The summed E-state index contributed by atoms with van der Waals surface area (Å²) in [5.41, 5.74) is 8.22. The molecule has 5 N–H and O–H groups in total. The molecule has 1 aliphatic rings. The predicted molar refractivity (Wildman–Crippen MR) is 100 cm³/mol. The van der Waals surface area contributed by atoms with Gasteiger partial charge < -0.3 is 21.5 Å². The third-order valence-corrected chi connectivity index (χ3v) is 4.03. The molecule has 1 aromatic heterocycles. The molecule has 0 saturated heterocycles. The second-order valence-corrected chi connectivity index (χ2v) is 6.52. The van der Waals surface area contributed by atoms with Gasteiger partial charge in [-0.15, -0.1) is 0 Å². The number of benzene rings is 1. The Balaban J connectivity index is 1.69. The van der Waals surface area contributed by atoms with Gasteiger partial charge in [-0.25, -0.2) is 14.8 Å². The van der Waals surface area contributed by atoms with E-state index >= 15 is 0 Å². The highest BCUT2D eigenvalue weighted by molar-refractivity contribution is 5.89. The van der Waals surface area contributed by atoms with Crippen LogP contribution in [-0.4, -0.2) is 52.2 Å². The lowest BCUT2D eigenvalue weighted by atomic mass is 10.2. The van der Waals surface area contributed by atoms with Crippen molar-refractivity contribution < 1.29 is 9.90 Å². The van der Waals surface area contributed by atoms with E-state index in [1.807, 2.05) is 36.2 Å². The summed E-state index contributed by atoms with van der Waals surface area (Å²) in [5, 5.41) is 14.7. The standard InChI is InChI=1S/C18H24N6O2/c1-24(8-9-25)11-15-10-16(19)23-17(20-15)12-2-4-13(5-3-12)21-18(26)22-14-6-7-14/h2-5,10,14,25H,6-9,11H2,1H3,(H2,19,20,23)(H2,21,22,26). The summed E-state index contributed by atoms with van der Waals surface area (Å²) in [6.45, 7) is 1.22. The van der Waals surface area contributed by atoms with Crippen molar-refractivity contribution in [3.8, 4) is 11.4 Å². The first-order valence-electron chi connectivity index (χ1n) is 8.64. The SMILES string of the molecule is CN(CCO)Cc1cc(N)nc(-c2ccc(NC(=O)NC3CC3)cc2)n1. The van der Waals surface area contributed by atoms with Crippen LogP contribution in [0.2, 0.25) is 0 Å². The molecule has 1 fully saturated rings. The van der Waals surface area contributed by atoms with Crippen LogP contribution in [0.15, 0.2) is 30.3 Å². The smallest absolute Gasteiger partial charge is 0.319 e. The van der Waals surface area contributed by atoms with Crippen LogP contribution < -0.4 is 16.4 Å². The van der Waals surface area contributed by atoms with E-state index in [0.29, 0.717) is 36.5 Å². The van der Waals surface area contributed by atoms with E-state index in [1.54, 1.807) is 6.07 Å². The van der Waals surface area contributed by atoms with Crippen molar-refractivity contribution in [2.45, 2.75) is 25.4 Å². The van der Waals surface area contributed by atoms with Crippen LogP contribution in [0.3, 0.4) is 0 Å². The molecule has 138 valence electrons. The van der Waals surface area contributed by atoms with E-state index in [9.17, 15) is 4.79 Å². The van der Waals surface area contributed by atoms with Crippen LogP contribution in [0.5, 0.6) is 0 Å². The number of aliphatic hydroxyl groups is 1. The molecule has 1 aromatic carbocycles. The quantitative estimate of drug-likeness (QED) is 0.596. The van der Waals surface area contributed by atoms with Gasteiger partial charge in [0.05, 0.1) is 12.3 Å². The maximum atomic E-state index is 11.8. The van der Waals surface area contributed by atoms with E-state index < -0.39 is 0 Å². The molecule has 26 heavy (non-hydrogen) atoms. The number of nitrogens with two attached hydrogens (primary N) is 1. The molecule has 0 bridgehead atoms. The average Bonchev–Trinajstić information content (AvgIpc) is 3.39. The van der Waals surface area contributed by atoms with Gasteiger partial charge in [0.1, 0.15) is 5.82 Å². The largest absolute Gasteiger partial charge is 0.395 e. The number of anilines is 2. The van der Waals surface area contributed by atoms with Crippen molar-refractivity contribution in [1.82, 2.24) is 20.2 Å². The molecular weight excluding hydrogens is 332 g/mol. The van der Waals surface area contributed by atoms with Crippen molar-refractivity contribution in [2.75, 3.05) is 31.2 Å². The van der Waals surface area contributed by atoms with Crippen molar-refractivity contribution >= 4 is 17.5 Å². The molecule has 1 heterocycles. The van der Waals surface area contributed by atoms with Crippen molar-refractivity contribution in [2.24, 2.45) is 0 Å². The van der Waals surface area contributed by atoms with Gasteiger partial charge in [0.25, 0.3) is 0 Å². The van der Waals surface area contributed by atoms with Gasteiger partial charge in [0.15, 0.2) is 5.82 Å². The second kappa shape index (κ2) is 8.11. The van der Waals surface area contributed by atoms with Gasteiger partial charge in [-0.1, -0.05) is 0 Å². The molecule has 0 atom stereocenters. The Morgan fingerprint density at radius 2 is 2.04 bits per heavy atom. The van der Waals surface area contributed by atoms with Gasteiger partial charge >= 0.3 is 6.03 Å². The lowest BCUT2D eigenvalue weighted by molar-refractivity contribution is 0.216. The Labute approximate surface area is 152 Å². The first-order valence-corrected chi connectivity index (χ1v) is 8.64. The molecule has 0 spiro atoms. The average molecular weight is 356 g/mol. The summed E-state index contributed by atoms with van der Waals surface area (Å²) in [4.78, 5) is 22.6. The Hall–Kier alpha value is -2.71. The van der Waals surface area contributed by atoms with Gasteiger partial charge in [-0.3, -0.25) is 4.90 Å². The van der Waals surface area contributed by atoms with Gasteiger partial charge in [-0.05, 0) is 44.2 Å². The fraction of sp³-hybridized carbons (Fsp3) is 0.389. The van der Waals surface area contributed by atoms with Crippen LogP contribution in [0.25, 0.3) is 11.4 Å². The number of carbonyl (C=O) groups excluding carboxylic acids is 1. The number of urea groups is 1. The van der Waals surface area contributed by atoms with Crippen LogP contribution in [0.1, 0.15) is 18.5 Å². The molecule has 0 unspecified atom stereocenters. The maximum Gasteiger partial charge on any atom is 0.319 e. The molecule has 3 rings (SSSR count). The summed E-state index contributed by atoms with van der Waals surface area (Å²) >= 11 is 0. The van der Waals surface area contributed by atoms with Gasteiger partial charge in [0, 0.05) is 36.4 Å². The first-order chi connectivity index (χ1) is 12.5. The first kappa shape index (κ1) is 18.1. The number of aromatic nitrogens is 2. The number of nitrogen functional groups attached to an aromatic ring is 1. The summed E-state index contributed by atoms with van der Waals surface area (Å²) in [7, 11) is 1.90. The number of nitrogens with one attached hydrogen (secondary N) is 2. The number of hydrogen-bond acceptors (Lipinski definition) is 6. The normalized spacial score (nSPS) is 13.7. The molecule has 0 aliphatic heterocycles. The molecule has 0 radical (unpaired) electrons. The number of aliphatic hydroxyl groups excluding tert-OH is 1. The number of likely N-dealkylation sites (N-methyl/N-ethyl adjacent to an activating group) is 1. The molecular formula is C18H24N6O2. The number of carbonyl (C=O) groups is 1. The van der Waals surface area contributed by atoms with E-state index in [2.05, 4.69) is 20.6 Å². The fourth-order valence-electron chi connectivity index (χ4n) is 2.54. The third kappa shape index (κ3) is 5.14. The van der Waals surface area contributed by atoms with E-state index in [4.69, 9.17) is 10.8 Å². The Kier molecular flexibility index (Phi) is 5.65. The molecule has 2 aromatic rings. The zero-order valence-electron chi connectivity index (χ0n) is 14.8. The zero-order valence-corrected chi connectivity index (χ0v) is 14.8. The summed E-state index contributed by atoms with van der Waals surface area (Å²) in [6.07, 6.45) is 2.10. The summed E-state index contributed by atoms with van der Waals surface area (Å²) in [5.74, 6) is 0.930. The Morgan fingerprint density at radius 1 is 1.31 bits per heavy atom. The summed E-state index contributed by atoms with van der Waals surface area (Å²) < 4.78 is 0. The van der Waals surface area contributed by atoms with Crippen LogP contribution in [0, 0.1) is 0 Å². The van der Waals surface area contributed by atoms with Crippen molar-refractivity contribution in [1.29, 1.82) is 0 Å². The molecule has 8 nitrogen and oxygen atoms in total. The monoisotopic (exact) mass is 356 g/mol. The third-order valence-electron chi connectivity index (χ3n) is 4.03. The summed E-state index contributed by atoms with van der Waals surface area (Å²) in [6, 6.07) is 9.19. The van der Waals surface area contributed by atoms with E-state index in [0.717, 1.165) is 24.1 Å².